The first kappa shape index (κ1) is 17.9. The van der Waals surface area contributed by atoms with Gasteiger partial charge in [0.05, 0.1) is 12.1 Å². The molecule has 0 radical (unpaired) electrons. The van der Waals surface area contributed by atoms with Gasteiger partial charge in [0.1, 0.15) is 5.82 Å². The minimum absolute atomic E-state index is 0.0155. The summed E-state index contributed by atoms with van der Waals surface area (Å²) in [7, 11) is 0. The van der Waals surface area contributed by atoms with Crippen LogP contribution in [0.5, 0.6) is 0 Å². The molecule has 1 unspecified atom stereocenters. The lowest BCUT2D eigenvalue weighted by Crippen LogP contribution is -2.46. The van der Waals surface area contributed by atoms with Crippen molar-refractivity contribution < 1.29 is 19.1 Å². The highest BCUT2D eigenvalue weighted by molar-refractivity contribution is 5.94. The summed E-state index contributed by atoms with van der Waals surface area (Å²) in [5, 5.41) is 9.78. The molecule has 6 heteroatoms. The van der Waals surface area contributed by atoms with Crippen LogP contribution in [0.1, 0.15) is 43.5 Å². The molecule has 1 aromatic rings. The van der Waals surface area contributed by atoms with Crippen LogP contribution >= 0.6 is 0 Å². The molecule has 1 atom stereocenters. The van der Waals surface area contributed by atoms with E-state index in [1.807, 2.05) is 6.92 Å². The van der Waals surface area contributed by atoms with E-state index in [1.165, 1.54) is 24.3 Å². The zero-order valence-electron chi connectivity index (χ0n) is 14.8. The van der Waals surface area contributed by atoms with Gasteiger partial charge in [0.15, 0.2) is 0 Å². The molecule has 0 saturated carbocycles. The van der Waals surface area contributed by atoms with E-state index in [-0.39, 0.29) is 29.7 Å². The monoisotopic (exact) mass is 348 g/mol. The average Bonchev–Trinajstić information content (AvgIpc) is 2.89. The summed E-state index contributed by atoms with van der Waals surface area (Å²) in [6, 6.07) is 5.62. The highest BCUT2D eigenvalue weighted by Gasteiger charge is 2.52. The lowest BCUT2D eigenvalue weighted by molar-refractivity contribution is -0.134. The Morgan fingerprint density at radius 1 is 1.20 bits per heavy atom. The first-order valence-electron chi connectivity index (χ1n) is 8.73. The van der Waals surface area contributed by atoms with Gasteiger partial charge in [-0.25, -0.2) is 4.39 Å². The van der Waals surface area contributed by atoms with E-state index in [0.717, 1.165) is 19.3 Å². The van der Waals surface area contributed by atoms with Gasteiger partial charge >= 0.3 is 0 Å². The number of halogens is 1. The van der Waals surface area contributed by atoms with Gasteiger partial charge in [0.25, 0.3) is 5.91 Å². The lowest BCUT2D eigenvalue weighted by Gasteiger charge is -2.39. The Morgan fingerprint density at radius 2 is 1.80 bits per heavy atom. The third-order valence-electron chi connectivity index (χ3n) is 5.82. The van der Waals surface area contributed by atoms with Crippen LogP contribution < -0.4 is 0 Å². The van der Waals surface area contributed by atoms with Crippen LogP contribution in [0, 0.1) is 11.2 Å². The minimum atomic E-state index is -0.519. The van der Waals surface area contributed by atoms with Crippen molar-refractivity contribution in [2.24, 2.45) is 5.41 Å². The molecule has 2 saturated heterocycles. The molecule has 5 nitrogen and oxygen atoms in total. The predicted molar refractivity (Wildman–Crippen MR) is 91.5 cm³/mol. The molecule has 1 spiro atoms. The van der Waals surface area contributed by atoms with Crippen molar-refractivity contribution in [3.8, 4) is 0 Å². The van der Waals surface area contributed by atoms with E-state index in [4.69, 9.17) is 0 Å². The number of rotatable bonds is 2. The Labute approximate surface area is 147 Å². The van der Waals surface area contributed by atoms with Gasteiger partial charge in [0, 0.05) is 32.1 Å². The normalized spacial score (nSPS) is 25.4. The third kappa shape index (κ3) is 3.27. The van der Waals surface area contributed by atoms with Crippen molar-refractivity contribution in [1.82, 2.24) is 9.80 Å². The quantitative estimate of drug-likeness (QED) is 0.890. The van der Waals surface area contributed by atoms with Gasteiger partial charge in [0.2, 0.25) is 5.91 Å². The van der Waals surface area contributed by atoms with Crippen LogP contribution in [0.4, 0.5) is 4.39 Å². The van der Waals surface area contributed by atoms with Crippen LogP contribution in [0.3, 0.4) is 0 Å². The first-order valence-corrected chi connectivity index (χ1v) is 8.73. The summed E-state index contributed by atoms with van der Waals surface area (Å²) >= 11 is 0. The van der Waals surface area contributed by atoms with Crippen LogP contribution in [-0.2, 0) is 4.79 Å². The van der Waals surface area contributed by atoms with Crippen molar-refractivity contribution in [3.05, 3.63) is 35.6 Å². The van der Waals surface area contributed by atoms with Gasteiger partial charge < -0.3 is 14.9 Å². The Morgan fingerprint density at radius 3 is 2.28 bits per heavy atom. The van der Waals surface area contributed by atoms with Crippen molar-refractivity contribution in [2.75, 3.05) is 26.2 Å². The van der Waals surface area contributed by atoms with Crippen LogP contribution in [0.25, 0.3) is 0 Å². The molecule has 0 aromatic heterocycles. The van der Waals surface area contributed by atoms with E-state index in [0.29, 0.717) is 25.2 Å². The van der Waals surface area contributed by atoms with Crippen LogP contribution in [0.2, 0.25) is 0 Å². The van der Waals surface area contributed by atoms with E-state index in [2.05, 4.69) is 0 Å². The number of nitrogens with zero attached hydrogens (tertiary/aromatic N) is 2. The molecule has 2 aliphatic heterocycles. The first-order chi connectivity index (χ1) is 11.8. The standard InChI is InChI=1S/C19H25FN2O3/c1-14(24)22-12-19(11-18(22,2)13-23)7-9-21(10-8-19)17(25)15-3-5-16(20)6-4-15/h3-6,23H,7-13H2,1-2H3. The average molecular weight is 348 g/mol. The fraction of sp³-hybridized carbons (Fsp3) is 0.579. The molecule has 2 heterocycles. The Bertz CT molecular complexity index is 668. The summed E-state index contributed by atoms with van der Waals surface area (Å²) in [6.07, 6.45) is 2.37. The molecule has 2 aliphatic rings. The molecule has 136 valence electrons. The summed E-state index contributed by atoms with van der Waals surface area (Å²) in [5.74, 6) is -0.452. The third-order valence-corrected chi connectivity index (χ3v) is 5.82. The van der Waals surface area contributed by atoms with Gasteiger partial charge in [-0.2, -0.15) is 0 Å². The zero-order valence-corrected chi connectivity index (χ0v) is 14.8. The summed E-state index contributed by atoms with van der Waals surface area (Å²) < 4.78 is 13.0. The zero-order chi connectivity index (χ0) is 18.2. The van der Waals surface area contributed by atoms with Gasteiger partial charge in [-0.3, -0.25) is 9.59 Å². The number of likely N-dealkylation sites (tertiary alicyclic amines) is 2. The Kier molecular flexibility index (Phi) is 4.58. The van der Waals surface area contributed by atoms with Gasteiger partial charge in [-0.05, 0) is 55.9 Å². The number of hydrogen-bond acceptors (Lipinski definition) is 3. The summed E-state index contributed by atoms with van der Waals surface area (Å²) in [5.41, 5.74) is -0.0631. The molecular weight excluding hydrogens is 323 g/mol. The SMILES string of the molecule is CC(=O)N1CC2(CCN(C(=O)c3ccc(F)cc3)CC2)CC1(C)CO. The number of aliphatic hydroxyl groups excluding tert-OH is 1. The molecule has 2 fully saturated rings. The molecule has 25 heavy (non-hydrogen) atoms. The van der Waals surface area contributed by atoms with E-state index in [1.54, 1.807) is 16.7 Å². The fourth-order valence-corrected chi connectivity index (χ4v) is 4.41. The number of piperidine rings is 1. The maximum atomic E-state index is 13.0. The van der Waals surface area contributed by atoms with Crippen molar-refractivity contribution >= 4 is 11.8 Å². The fourth-order valence-electron chi connectivity index (χ4n) is 4.41. The van der Waals surface area contributed by atoms with Crippen molar-refractivity contribution in [1.29, 1.82) is 0 Å². The van der Waals surface area contributed by atoms with Gasteiger partial charge in [-0.15, -0.1) is 0 Å². The smallest absolute Gasteiger partial charge is 0.253 e. The number of carbonyl (C=O) groups excluding carboxylic acids is 2. The minimum Gasteiger partial charge on any atom is -0.394 e. The molecular formula is C19H25FN2O3. The molecule has 1 N–H and O–H groups in total. The number of carbonyl (C=O) groups is 2. The van der Waals surface area contributed by atoms with Crippen molar-refractivity contribution in [2.45, 2.75) is 38.6 Å². The molecule has 0 bridgehead atoms. The highest BCUT2D eigenvalue weighted by atomic mass is 19.1. The lowest BCUT2D eigenvalue weighted by atomic mass is 9.74. The molecule has 0 aliphatic carbocycles. The van der Waals surface area contributed by atoms with E-state index < -0.39 is 5.54 Å². The van der Waals surface area contributed by atoms with Gasteiger partial charge in [-0.1, -0.05) is 0 Å². The summed E-state index contributed by atoms with van der Waals surface area (Å²) in [4.78, 5) is 28.1. The maximum absolute atomic E-state index is 13.0. The van der Waals surface area contributed by atoms with Crippen LogP contribution in [-0.4, -0.2) is 58.5 Å². The Hall–Kier alpha value is -1.95. The van der Waals surface area contributed by atoms with E-state index in [9.17, 15) is 19.1 Å². The highest BCUT2D eigenvalue weighted by Crippen LogP contribution is 2.48. The Balaban J connectivity index is 1.68. The van der Waals surface area contributed by atoms with Crippen molar-refractivity contribution in [3.63, 3.8) is 0 Å². The predicted octanol–water partition coefficient (Wildman–Crippen LogP) is 2.05. The number of hydrogen-bond donors (Lipinski definition) is 1. The number of benzene rings is 1. The second-order valence-corrected chi connectivity index (χ2v) is 7.74. The second kappa shape index (κ2) is 6.41. The largest absolute Gasteiger partial charge is 0.394 e. The molecule has 2 amide bonds. The van der Waals surface area contributed by atoms with Crippen LogP contribution in [0.15, 0.2) is 24.3 Å². The molecule has 1 aromatic carbocycles. The topological polar surface area (TPSA) is 60.9 Å². The summed E-state index contributed by atoms with van der Waals surface area (Å²) in [6.45, 7) is 5.29. The maximum Gasteiger partial charge on any atom is 0.253 e. The number of aliphatic hydroxyl groups is 1. The number of amides is 2. The van der Waals surface area contributed by atoms with E-state index >= 15 is 0 Å². The second-order valence-electron chi connectivity index (χ2n) is 7.74. The molecule has 3 rings (SSSR count).